The van der Waals surface area contributed by atoms with Crippen LogP contribution in [0.5, 0.6) is 11.5 Å². The Hall–Kier alpha value is -4.53. The maximum absolute atomic E-state index is 12.7. The number of benzene rings is 3. The maximum atomic E-state index is 12.7. The van der Waals surface area contributed by atoms with Crippen molar-refractivity contribution in [2.24, 2.45) is 10.2 Å². The highest BCUT2D eigenvalue weighted by Gasteiger charge is 2.13. The number of aromatic nitrogens is 2. The van der Waals surface area contributed by atoms with Crippen molar-refractivity contribution in [2.75, 3.05) is 0 Å². The van der Waals surface area contributed by atoms with Crippen LogP contribution < -0.4 is 10.3 Å². The summed E-state index contributed by atoms with van der Waals surface area (Å²) in [5.74, 6) is 1.38. The zero-order valence-corrected chi connectivity index (χ0v) is 16.4. The molecule has 0 saturated heterocycles. The van der Waals surface area contributed by atoms with E-state index in [1.54, 1.807) is 31.2 Å². The van der Waals surface area contributed by atoms with Crippen molar-refractivity contribution in [3.05, 3.63) is 105 Å². The number of azo groups is 1. The molecular formula is C22H17N5O4. The summed E-state index contributed by atoms with van der Waals surface area (Å²) in [6.07, 6.45) is 0. The molecule has 0 saturated carbocycles. The molecule has 3 aromatic carbocycles. The van der Waals surface area contributed by atoms with Crippen LogP contribution >= 0.6 is 0 Å². The van der Waals surface area contributed by atoms with E-state index in [1.807, 2.05) is 30.3 Å². The largest absolute Gasteiger partial charge is 0.457 e. The lowest BCUT2D eigenvalue weighted by Gasteiger charge is -2.04. The van der Waals surface area contributed by atoms with Gasteiger partial charge in [-0.3, -0.25) is 20.0 Å². The third-order valence-corrected chi connectivity index (χ3v) is 4.44. The third-order valence-electron chi connectivity index (χ3n) is 4.44. The summed E-state index contributed by atoms with van der Waals surface area (Å²) < 4.78 is 7.01. The number of hydrogen-bond donors (Lipinski definition) is 1. The number of nitrogens with zero attached hydrogens (tertiary/aromatic N) is 4. The topological polar surface area (TPSA) is 115 Å². The fourth-order valence-electron chi connectivity index (χ4n) is 2.87. The lowest BCUT2D eigenvalue weighted by atomic mass is 10.3. The molecule has 1 aromatic heterocycles. The van der Waals surface area contributed by atoms with E-state index in [0.29, 0.717) is 22.8 Å². The fourth-order valence-corrected chi connectivity index (χ4v) is 2.87. The summed E-state index contributed by atoms with van der Waals surface area (Å²) in [5.41, 5.74) is 1.24. The number of rotatable bonds is 6. The Balaban J connectivity index is 1.53. The van der Waals surface area contributed by atoms with Crippen molar-refractivity contribution < 1.29 is 9.66 Å². The van der Waals surface area contributed by atoms with Gasteiger partial charge in [0.25, 0.3) is 11.2 Å². The summed E-state index contributed by atoms with van der Waals surface area (Å²) in [5, 5.41) is 21.9. The Morgan fingerprint density at radius 3 is 2.19 bits per heavy atom. The van der Waals surface area contributed by atoms with Crippen LogP contribution in [0.25, 0.3) is 5.69 Å². The van der Waals surface area contributed by atoms with Gasteiger partial charge in [0.1, 0.15) is 11.5 Å². The molecule has 4 aromatic rings. The van der Waals surface area contributed by atoms with Crippen LogP contribution in [-0.2, 0) is 0 Å². The summed E-state index contributed by atoms with van der Waals surface area (Å²) in [6.45, 7) is 1.70. The zero-order valence-electron chi connectivity index (χ0n) is 16.4. The first kappa shape index (κ1) is 19.8. The quantitative estimate of drug-likeness (QED) is 0.251. The highest BCUT2D eigenvalue weighted by Crippen LogP contribution is 2.25. The number of hydrogen-bond acceptors (Lipinski definition) is 6. The second-order valence-electron chi connectivity index (χ2n) is 6.61. The number of aromatic amines is 1. The lowest BCUT2D eigenvalue weighted by Crippen LogP contribution is -2.13. The Morgan fingerprint density at radius 1 is 0.903 bits per heavy atom. The number of nitrogens with one attached hydrogen (secondary N) is 1. The van der Waals surface area contributed by atoms with E-state index < -0.39 is 10.5 Å². The molecule has 9 heteroatoms. The monoisotopic (exact) mass is 415 g/mol. The predicted molar refractivity (Wildman–Crippen MR) is 115 cm³/mol. The normalized spacial score (nSPS) is 11.0. The van der Waals surface area contributed by atoms with Crippen LogP contribution in [0, 0.1) is 17.0 Å². The molecule has 1 N–H and O–H groups in total. The molecular weight excluding hydrogens is 398 g/mol. The van der Waals surface area contributed by atoms with Gasteiger partial charge in [-0.1, -0.05) is 18.2 Å². The molecule has 0 radical (unpaired) electrons. The van der Waals surface area contributed by atoms with Gasteiger partial charge in [0.2, 0.25) is 0 Å². The van der Waals surface area contributed by atoms with Crippen LogP contribution in [0.3, 0.4) is 0 Å². The average Bonchev–Trinajstić information content (AvgIpc) is 3.07. The zero-order chi connectivity index (χ0) is 21.8. The van der Waals surface area contributed by atoms with E-state index in [1.165, 1.54) is 28.9 Å². The number of H-pyrrole nitrogens is 1. The molecule has 0 fully saturated rings. The van der Waals surface area contributed by atoms with Crippen molar-refractivity contribution in [1.29, 1.82) is 0 Å². The van der Waals surface area contributed by atoms with E-state index >= 15 is 0 Å². The SMILES string of the molecule is Cc1[nH]n(-c2ccc([N+](=O)[O-])cc2)c(=O)c1N=Nc1ccc(Oc2ccccc2)cc1. The Morgan fingerprint density at radius 2 is 1.55 bits per heavy atom. The number of nitro benzene ring substituents is 1. The van der Waals surface area contributed by atoms with Gasteiger partial charge >= 0.3 is 0 Å². The summed E-state index contributed by atoms with van der Waals surface area (Å²) >= 11 is 0. The van der Waals surface area contributed by atoms with Gasteiger partial charge in [0, 0.05) is 12.1 Å². The molecule has 0 unspecified atom stereocenters. The van der Waals surface area contributed by atoms with Crippen molar-refractivity contribution in [1.82, 2.24) is 9.78 Å². The first-order valence-corrected chi connectivity index (χ1v) is 9.32. The Labute approximate surface area is 176 Å². The minimum atomic E-state index is -0.498. The van der Waals surface area contributed by atoms with Crippen molar-refractivity contribution in [3.8, 4) is 17.2 Å². The average molecular weight is 415 g/mol. The molecule has 0 aliphatic heterocycles. The van der Waals surface area contributed by atoms with Crippen LogP contribution in [0.1, 0.15) is 5.69 Å². The number of non-ortho nitro benzene ring substituents is 1. The van der Waals surface area contributed by atoms with E-state index in [9.17, 15) is 14.9 Å². The molecule has 31 heavy (non-hydrogen) atoms. The number of aryl methyl sites for hydroxylation is 1. The predicted octanol–water partition coefficient (Wildman–Crippen LogP) is 5.59. The molecule has 0 bridgehead atoms. The number of para-hydroxylation sites is 1. The Bertz CT molecular complexity index is 1290. The van der Waals surface area contributed by atoms with Gasteiger partial charge in [0.05, 0.1) is 22.0 Å². The summed E-state index contributed by atoms with van der Waals surface area (Å²) in [6, 6.07) is 22.0. The lowest BCUT2D eigenvalue weighted by molar-refractivity contribution is -0.384. The number of nitro groups is 1. The third kappa shape index (κ3) is 4.40. The van der Waals surface area contributed by atoms with Crippen LogP contribution in [0.15, 0.2) is 93.9 Å². The van der Waals surface area contributed by atoms with E-state index in [2.05, 4.69) is 15.3 Å². The molecule has 0 aliphatic carbocycles. The van der Waals surface area contributed by atoms with Crippen LogP contribution in [0.4, 0.5) is 17.1 Å². The van der Waals surface area contributed by atoms with Crippen molar-refractivity contribution in [2.45, 2.75) is 6.92 Å². The molecule has 9 nitrogen and oxygen atoms in total. The maximum Gasteiger partial charge on any atom is 0.299 e. The molecule has 0 aliphatic rings. The highest BCUT2D eigenvalue weighted by atomic mass is 16.6. The standard InChI is InChI=1S/C22H17N5O4/c1-15-21(22(28)26(25-15)17-9-11-18(12-10-17)27(29)30)24-23-16-7-13-20(14-8-16)31-19-5-3-2-4-6-19/h2-14,25H,1H3. The molecule has 154 valence electrons. The summed E-state index contributed by atoms with van der Waals surface area (Å²) in [4.78, 5) is 23.0. The van der Waals surface area contributed by atoms with Crippen molar-refractivity contribution in [3.63, 3.8) is 0 Å². The van der Waals surface area contributed by atoms with Gasteiger partial charge in [-0.15, -0.1) is 5.11 Å². The van der Waals surface area contributed by atoms with Crippen molar-refractivity contribution >= 4 is 17.1 Å². The van der Waals surface area contributed by atoms with E-state index in [0.717, 1.165) is 5.75 Å². The second-order valence-corrected chi connectivity index (χ2v) is 6.61. The van der Waals surface area contributed by atoms with Crippen LogP contribution in [-0.4, -0.2) is 14.7 Å². The Kier molecular flexibility index (Phi) is 5.39. The van der Waals surface area contributed by atoms with Gasteiger partial charge in [-0.2, -0.15) is 5.11 Å². The van der Waals surface area contributed by atoms with Crippen LogP contribution in [0.2, 0.25) is 0 Å². The minimum absolute atomic E-state index is 0.0559. The first-order valence-electron chi connectivity index (χ1n) is 9.32. The van der Waals surface area contributed by atoms with E-state index in [4.69, 9.17) is 4.74 Å². The highest BCUT2D eigenvalue weighted by molar-refractivity contribution is 5.47. The fraction of sp³-hybridized carbons (Fsp3) is 0.0455. The smallest absolute Gasteiger partial charge is 0.299 e. The second kappa shape index (κ2) is 8.46. The molecule has 0 amide bonds. The number of ether oxygens (including phenoxy) is 1. The van der Waals surface area contributed by atoms with E-state index in [-0.39, 0.29) is 11.4 Å². The molecule has 1 heterocycles. The molecule has 0 spiro atoms. The van der Waals surface area contributed by atoms with Gasteiger partial charge < -0.3 is 4.74 Å². The summed E-state index contributed by atoms with van der Waals surface area (Å²) in [7, 11) is 0. The van der Waals surface area contributed by atoms with Gasteiger partial charge in [0.15, 0.2) is 5.69 Å². The molecule has 0 atom stereocenters. The molecule has 4 rings (SSSR count). The first-order chi connectivity index (χ1) is 15.0. The minimum Gasteiger partial charge on any atom is -0.457 e. The van der Waals surface area contributed by atoms with Gasteiger partial charge in [-0.25, -0.2) is 4.68 Å². The van der Waals surface area contributed by atoms with Gasteiger partial charge in [-0.05, 0) is 55.5 Å².